The van der Waals surface area contributed by atoms with Gasteiger partial charge in [0, 0.05) is 0 Å². The fourth-order valence-electron chi connectivity index (χ4n) is 2.99. The molecule has 0 amide bonds. The number of hydrogen-bond acceptors (Lipinski definition) is 4. The van der Waals surface area contributed by atoms with E-state index in [-0.39, 0.29) is 0 Å². The normalized spacial score (nSPS) is 19.8. The lowest BCUT2D eigenvalue weighted by molar-refractivity contribution is 0.165. The minimum atomic E-state index is -0.835. The van der Waals surface area contributed by atoms with Crippen LogP contribution in [0.15, 0.2) is 17.1 Å². The standard InChI is InChI=1S/C14H14FNO3/c15-10-3-4-11-13(19-8-7-18-11)12(10)14(16-9-17)5-1-2-6-14/h3-4H,1-2,5-8H2. The molecule has 0 radical (unpaired) electrons. The van der Waals surface area contributed by atoms with Gasteiger partial charge in [0.15, 0.2) is 11.5 Å². The number of aliphatic imine (C=N–C) groups is 1. The summed E-state index contributed by atoms with van der Waals surface area (Å²) in [5.74, 6) is 0.521. The van der Waals surface area contributed by atoms with Gasteiger partial charge in [-0.25, -0.2) is 9.18 Å². The number of ether oxygens (including phenoxy) is 2. The Morgan fingerprint density at radius 3 is 2.68 bits per heavy atom. The fraction of sp³-hybridized carbons (Fsp3) is 0.500. The number of isocyanates is 1. The predicted octanol–water partition coefficient (Wildman–Crippen LogP) is 2.70. The van der Waals surface area contributed by atoms with Crippen molar-refractivity contribution in [2.24, 2.45) is 4.99 Å². The second-order valence-corrected chi connectivity index (χ2v) is 4.89. The van der Waals surface area contributed by atoms with Gasteiger partial charge in [-0.3, -0.25) is 0 Å². The molecule has 3 rings (SSSR count). The molecule has 1 aromatic carbocycles. The van der Waals surface area contributed by atoms with Gasteiger partial charge in [-0.1, -0.05) is 12.8 Å². The van der Waals surface area contributed by atoms with Crippen LogP contribution in [0.5, 0.6) is 11.5 Å². The van der Waals surface area contributed by atoms with Gasteiger partial charge < -0.3 is 9.47 Å². The number of benzene rings is 1. The minimum absolute atomic E-state index is 0.352. The number of carbonyl (C=O) groups excluding carboxylic acids is 1. The molecule has 1 aliphatic carbocycles. The Kier molecular flexibility index (Phi) is 2.99. The van der Waals surface area contributed by atoms with E-state index in [1.807, 2.05) is 0 Å². The van der Waals surface area contributed by atoms with Crippen molar-refractivity contribution in [1.29, 1.82) is 0 Å². The third kappa shape index (κ3) is 1.90. The molecule has 0 spiro atoms. The maximum absolute atomic E-state index is 14.3. The number of fused-ring (bicyclic) bond motifs is 1. The van der Waals surface area contributed by atoms with Crippen LogP contribution in [0.2, 0.25) is 0 Å². The highest BCUT2D eigenvalue weighted by Crippen LogP contribution is 2.50. The van der Waals surface area contributed by atoms with E-state index in [1.54, 1.807) is 12.1 Å². The molecular formula is C14H14FNO3. The molecule has 0 aromatic heterocycles. The second-order valence-electron chi connectivity index (χ2n) is 4.89. The Balaban J connectivity index is 2.20. The van der Waals surface area contributed by atoms with Gasteiger partial charge in [0.25, 0.3) is 0 Å². The first kappa shape index (κ1) is 12.2. The van der Waals surface area contributed by atoms with Gasteiger partial charge >= 0.3 is 0 Å². The van der Waals surface area contributed by atoms with E-state index in [1.165, 1.54) is 6.07 Å². The Hall–Kier alpha value is -1.87. The summed E-state index contributed by atoms with van der Waals surface area (Å²) >= 11 is 0. The van der Waals surface area contributed by atoms with Crippen LogP contribution < -0.4 is 9.47 Å². The average Bonchev–Trinajstić information content (AvgIpc) is 2.88. The van der Waals surface area contributed by atoms with Crippen molar-refractivity contribution in [3.8, 4) is 11.5 Å². The number of halogens is 1. The zero-order chi connectivity index (χ0) is 13.3. The predicted molar refractivity (Wildman–Crippen MR) is 65.7 cm³/mol. The van der Waals surface area contributed by atoms with Crippen molar-refractivity contribution in [2.45, 2.75) is 31.2 Å². The third-order valence-electron chi connectivity index (χ3n) is 3.81. The molecular weight excluding hydrogens is 249 g/mol. The number of nitrogens with zero attached hydrogens (tertiary/aromatic N) is 1. The van der Waals surface area contributed by atoms with Crippen molar-refractivity contribution < 1.29 is 18.7 Å². The zero-order valence-electron chi connectivity index (χ0n) is 10.4. The van der Waals surface area contributed by atoms with Gasteiger partial charge in [0.1, 0.15) is 24.6 Å². The second kappa shape index (κ2) is 4.67. The highest BCUT2D eigenvalue weighted by molar-refractivity contribution is 5.53. The topological polar surface area (TPSA) is 47.9 Å². The molecule has 1 heterocycles. The van der Waals surface area contributed by atoms with E-state index in [2.05, 4.69) is 4.99 Å². The van der Waals surface area contributed by atoms with Crippen LogP contribution in [0.25, 0.3) is 0 Å². The van der Waals surface area contributed by atoms with E-state index in [0.717, 1.165) is 12.8 Å². The maximum Gasteiger partial charge on any atom is 0.235 e. The number of rotatable bonds is 2. The average molecular weight is 263 g/mol. The Bertz CT molecular complexity index is 546. The molecule has 100 valence electrons. The van der Waals surface area contributed by atoms with Crippen LogP contribution >= 0.6 is 0 Å². The molecule has 1 aliphatic heterocycles. The molecule has 0 bridgehead atoms. The van der Waals surface area contributed by atoms with Gasteiger partial charge in [0.05, 0.1) is 5.56 Å². The molecule has 0 N–H and O–H groups in total. The van der Waals surface area contributed by atoms with Crippen LogP contribution in [0, 0.1) is 5.82 Å². The molecule has 0 saturated heterocycles. The van der Waals surface area contributed by atoms with E-state index in [9.17, 15) is 9.18 Å². The largest absolute Gasteiger partial charge is 0.486 e. The number of hydrogen-bond donors (Lipinski definition) is 0. The van der Waals surface area contributed by atoms with Crippen molar-refractivity contribution in [2.75, 3.05) is 13.2 Å². The van der Waals surface area contributed by atoms with Crippen LogP contribution in [0.4, 0.5) is 4.39 Å². The van der Waals surface area contributed by atoms with E-state index in [4.69, 9.17) is 9.47 Å². The first-order chi connectivity index (χ1) is 9.27. The summed E-state index contributed by atoms with van der Waals surface area (Å²) < 4.78 is 25.3. The van der Waals surface area contributed by atoms with Crippen LogP contribution in [-0.4, -0.2) is 19.3 Å². The summed E-state index contributed by atoms with van der Waals surface area (Å²) in [6, 6.07) is 2.91. The smallest absolute Gasteiger partial charge is 0.235 e. The highest BCUT2D eigenvalue weighted by atomic mass is 19.1. The molecule has 1 saturated carbocycles. The van der Waals surface area contributed by atoms with Gasteiger partial charge in [0.2, 0.25) is 6.08 Å². The molecule has 19 heavy (non-hydrogen) atoms. The van der Waals surface area contributed by atoms with Gasteiger partial charge in [-0.05, 0) is 25.0 Å². The first-order valence-electron chi connectivity index (χ1n) is 6.44. The highest BCUT2D eigenvalue weighted by Gasteiger charge is 2.42. The van der Waals surface area contributed by atoms with Gasteiger partial charge in [-0.2, -0.15) is 4.99 Å². The summed E-state index contributed by atoms with van der Waals surface area (Å²) in [4.78, 5) is 14.6. The SMILES string of the molecule is O=C=NC1(c2c(F)ccc3c2OCCO3)CCCC1. The lowest BCUT2D eigenvalue weighted by Crippen LogP contribution is -2.25. The Labute approximate surface area is 110 Å². The molecule has 5 heteroatoms. The summed E-state index contributed by atoms with van der Waals surface area (Å²) in [5, 5.41) is 0. The third-order valence-corrected chi connectivity index (χ3v) is 3.81. The lowest BCUT2D eigenvalue weighted by atomic mass is 9.87. The van der Waals surface area contributed by atoms with Crippen LogP contribution in [0.1, 0.15) is 31.2 Å². The van der Waals surface area contributed by atoms with Crippen LogP contribution in [-0.2, 0) is 10.3 Å². The summed E-state index contributed by atoms with van der Waals surface area (Å²) in [5.41, 5.74) is -0.483. The molecule has 0 unspecified atom stereocenters. The summed E-state index contributed by atoms with van der Waals surface area (Å²) in [6.07, 6.45) is 4.69. The van der Waals surface area contributed by atoms with Gasteiger partial charge in [-0.15, -0.1) is 0 Å². The summed E-state index contributed by atoms with van der Waals surface area (Å²) in [7, 11) is 0. The molecule has 1 fully saturated rings. The van der Waals surface area contributed by atoms with E-state index in [0.29, 0.717) is 43.1 Å². The van der Waals surface area contributed by atoms with Crippen LogP contribution in [0.3, 0.4) is 0 Å². The maximum atomic E-state index is 14.3. The van der Waals surface area contributed by atoms with Crippen molar-refractivity contribution in [3.63, 3.8) is 0 Å². The Morgan fingerprint density at radius 2 is 1.95 bits per heavy atom. The Morgan fingerprint density at radius 1 is 1.21 bits per heavy atom. The van der Waals surface area contributed by atoms with Crippen molar-refractivity contribution >= 4 is 6.08 Å². The zero-order valence-corrected chi connectivity index (χ0v) is 10.4. The quantitative estimate of drug-likeness (QED) is 0.609. The van der Waals surface area contributed by atoms with E-state index >= 15 is 0 Å². The molecule has 4 nitrogen and oxygen atoms in total. The summed E-state index contributed by atoms with van der Waals surface area (Å²) in [6.45, 7) is 0.826. The molecule has 1 aromatic rings. The molecule has 0 atom stereocenters. The monoisotopic (exact) mass is 263 g/mol. The van der Waals surface area contributed by atoms with Crippen molar-refractivity contribution in [3.05, 3.63) is 23.5 Å². The molecule has 2 aliphatic rings. The first-order valence-corrected chi connectivity index (χ1v) is 6.44. The van der Waals surface area contributed by atoms with E-state index < -0.39 is 11.4 Å². The van der Waals surface area contributed by atoms with Crippen molar-refractivity contribution in [1.82, 2.24) is 0 Å². The minimum Gasteiger partial charge on any atom is -0.486 e. The fourth-order valence-corrected chi connectivity index (χ4v) is 2.99. The lowest BCUT2D eigenvalue weighted by Gasteiger charge is -2.29.